The van der Waals surface area contributed by atoms with Crippen molar-refractivity contribution in [2.75, 3.05) is 12.0 Å². The highest BCUT2D eigenvalue weighted by atomic mass is 16.5. The van der Waals surface area contributed by atoms with Crippen LogP contribution in [0, 0.1) is 13.8 Å². The summed E-state index contributed by atoms with van der Waals surface area (Å²) in [6.45, 7) is 7.96. The van der Waals surface area contributed by atoms with Crippen molar-refractivity contribution in [3.63, 3.8) is 0 Å². The monoisotopic (exact) mass is 455 g/mol. The molecule has 0 aromatic heterocycles. The zero-order valence-electron chi connectivity index (χ0n) is 20.1. The predicted molar refractivity (Wildman–Crippen MR) is 134 cm³/mol. The molecule has 174 valence electrons. The molecule has 0 saturated carbocycles. The van der Waals surface area contributed by atoms with Gasteiger partial charge in [-0.3, -0.25) is 14.5 Å². The number of aliphatic hydroxyl groups excluding tert-OH is 1. The number of benzene rings is 3. The molecular formula is C29H29NO4. The van der Waals surface area contributed by atoms with E-state index in [1.807, 2.05) is 82.3 Å². The lowest BCUT2D eigenvalue weighted by Gasteiger charge is -2.26. The summed E-state index contributed by atoms with van der Waals surface area (Å²) in [5.41, 5.74) is 4.82. The van der Waals surface area contributed by atoms with Crippen LogP contribution in [0.5, 0.6) is 5.75 Å². The Morgan fingerprint density at radius 1 is 0.941 bits per heavy atom. The summed E-state index contributed by atoms with van der Waals surface area (Å²) >= 11 is 0. The fourth-order valence-corrected chi connectivity index (χ4v) is 4.52. The summed E-state index contributed by atoms with van der Waals surface area (Å²) in [6.07, 6.45) is 0. The van der Waals surface area contributed by atoms with Crippen LogP contribution in [0.3, 0.4) is 0 Å². The lowest BCUT2D eigenvalue weighted by Crippen LogP contribution is -2.29. The Balaban J connectivity index is 1.96. The number of hydrogen-bond acceptors (Lipinski definition) is 4. The van der Waals surface area contributed by atoms with Crippen LogP contribution < -0.4 is 9.64 Å². The minimum absolute atomic E-state index is 0.0805. The van der Waals surface area contributed by atoms with Gasteiger partial charge in [0.25, 0.3) is 11.7 Å². The van der Waals surface area contributed by atoms with Crippen LogP contribution in [0.15, 0.2) is 72.3 Å². The van der Waals surface area contributed by atoms with Gasteiger partial charge in [0.1, 0.15) is 11.5 Å². The normalized spacial score (nSPS) is 17.5. The highest BCUT2D eigenvalue weighted by molar-refractivity contribution is 6.51. The van der Waals surface area contributed by atoms with E-state index in [4.69, 9.17) is 4.74 Å². The quantitative estimate of drug-likeness (QED) is 0.288. The fraction of sp³-hybridized carbons (Fsp3) is 0.241. The summed E-state index contributed by atoms with van der Waals surface area (Å²) in [7, 11) is 1.60. The van der Waals surface area contributed by atoms with Crippen LogP contribution in [-0.2, 0) is 9.59 Å². The van der Waals surface area contributed by atoms with E-state index < -0.39 is 17.7 Å². The minimum Gasteiger partial charge on any atom is -0.507 e. The molecule has 0 aliphatic carbocycles. The SMILES string of the molecule is COc1ccc(/C(O)=C2/C(=O)C(=O)N(c3cccc(C)c3)C2c2cccc(C)c2)cc1C(C)C. The first kappa shape index (κ1) is 23.3. The third kappa shape index (κ3) is 4.10. The van der Waals surface area contributed by atoms with Gasteiger partial charge in [0, 0.05) is 11.3 Å². The van der Waals surface area contributed by atoms with E-state index in [1.165, 1.54) is 4.90 Å². The Morgan fingerprint density at radius 2 is 1.62 bits per heavy atom. The Morgan fingerprint density at radius 3 is 2.24 bits per heavy atom. The van der Waals surface area contributed by atoms with Gasteiger partial charge in [-0.25, -0.2) is 0 Å². The molecule has 1 N–H and O–H groups in total. The first-order valence-electron chi connectivity index (χ1n) is 11.4. The first-order chi connectivity index (χ1) is 16.2. The summed E-state index contributed by atoms with van der Waals surface area (Å²) in [4.78, 5) is 28.2. The van der Waals surface area contributed by atoms with Gasteiger partial charge >= 0.3 is 0 Å². The number of methoxy groups -OCH3 is 1. The van der Waals surface area contributed by atoms with Crippen LogP contribution in [0.1, 0.15) is 53.6 Å². The van der Waals surface area contributed by atoms with Crippen molar-refractivity contribution >= 4 is 23.1 Å². The lowest BCUT2D eigenvalue weighted by molar-refractivity contribution is -0.132. The number of rotatable bonds is 5. The zero-order valence-corrected chi connectivity index (χ0v) is 20.1. The third-order valence-corrected chi connectivity index (χ3v) is 6.21. The smallest absolute Gasteiger partial charge is 0.300 e. The Kier molecular flexibility index (Phi) is 6.29. The highest BCUT2D eigenvalue weighted by Crippen LogP contribution is 2.43. The fourth-order valence-electron chi connectivity index (χ4n) is 4.52. The predicted octanol–water partition coefficient (Wildman–Crippen LogP) is 6.06. The van der Waals surface area contributed by atoms with Crippen molar-refractivity contribution < 1.29 is 19.4 Å². The molecule has 1 atom stereocenters. The van der Waals surface area contributed by atoms with Gasteiger partial charge in [-0.05, 0) is 66.8 Å². The van der Waals surface area contributed by atoms with Crippen LogP contribution >= 0.6 is 0 Å². The molecule has 1 unspecified atom stereocenters. The van der Waals surface area contributed by atoms with Crippen molar-refractivity contribution in [2.24, 2.45) is 0 Å². The molecule has 5 nitrogen and oxygen atoms in total. The van der Waals surface area contributed by atoms with Crippen LogP contribution in [0.2, 0.25) is 0 Å². The van der Waals surface area contributed by atoms with Gasteiger partial charge in [-0.15, -0.1) is 0 Å². The van der Waals surface area contributed by atoms with Crippen LogP contribution in [-0.4, -0.2) is 23.9 Å². The number of aryl methyl sites for hydroxylation is 2. The second-order valence-corrected chi connectivity index (χ2v) is 9.03. The molecule has 3 aromatic carbocycles. The van der Waals surface area contributed by atoms with E-state index in [-0.39, 0.29) is 17.3 Å². The Hall–Kier alpha value is -3.86. The number of aliphatic hydroxyl groups is 1. The summed E-state index contributed by atoms with van der Waals surface area (Å²) in [6, 6.07) is 19.7. The number of carbonyl (C=O) groups is 2. The molecule has 34 heavy (non-hydrogen) atoms. The van der Waals surface area contributed by atoms with Crippen LogP contribution in [0.4, 0.5) is 5.69 Å². The molecule has 1 aliphatic heterocycles. The highest BCUT2D eigenvalue weighted by Gasteiger charge is 2.47. The summed E-state index contributed by atoms with van der Waals surface area (Å²) in [5.74, 6) is -0.694. The van der Waals surface area contributed by atoms with Crippen molar-refractivity contribution in [1.29, 1.82) is 0 Å². The molecule has 0 radical (unpaired) electrons. The van der Waals surface area contributed by atoms with Crippen molar-refractivity contribution in [2.45, 2.75) is 39.7 Å². The molecular weight excluding hydrogens is 426 g/mol. The average Bonchev–Trinajstić information content (AvgIpc) is 3.08. The number of nitrogens with zero attached hydrogens (tertiary/aromatic N) is 1. The molecule has 1 heterocycles. The molecule has 4 rings (SSSR count). The third-order valence-electron chi connectivity index (χ3n) is 6.21. The molecule has 1 amide bonds. The van der Waals surface area contributed by atoms with E-state index in [0.717, 1.165) is 22.3 Å². The molecule has 1 fully saturated rings. The zero-order chi connectivity index (χ0) is 24.6. The van der Waals surface area contributed by atoms with E-state index in [0.29, 0.717) is 17.0 Å². The second kappa shape index (κ2) is 9.18. The van der Waals surface area contributed by atoms with E-state index >= 15 is 0 Å². The largest absolute Gasteiger partial charge is 0.507 e. The maximum Gasteiger partial charge on any atom is 0.300 e. The van der Waals surface area contributed by atoms with Crippen molar-refractivity contribution in [3.05, 3.63) is 100 Å². The van der Waals surface area contributed by atoms with Crippen molar-refractivity contribution in [3.8, 4) is 5.75 Å². The number of anilines is 1. The second-order valence-electron chi connectivity index (χ2n) is 9.03. The van der Waals surface area contributed by atoms with Crippen LogP contribution in [0.25, 0.3) is 5.76 Å². The van der Waals surface area contributed by atoms with Gasteiger partial charge in [0.05, 0.1) is 18.7 Å². The molecule has 1 saturated heterocycles. The maximum absolute atomic E-state index is 13.4. The first-order valence-corrected chi connectivity index (χ1v) is 11.4. The number of hydrogen-bond donors (Lipinski definition) is 1. The average molecular weight is 456 g/mol. The molecule has 0 bridgehead atoms. The number of ether oxygens (including phenoxy) is 1. The van der Waals surface area contributed by atoms with E-state index in [2.05, 4.69) is 0 Å². The number of Topliss-reactive ketones (excluding diaryl/α,β-unsaturated/α-hetero) is 1. The van der Waals surface area contributed by atoms with Gasteiger partial charge < -0.3 is 9.84 Å². The topological polar surface area (TPSA) is 66.8 Å². The molecule has 5 heteroatoms. The van der Waals surface area contributed by atoms with E-state index in [1.54, 1.807) is 19.2 Å². The lowest BCUT2D eigenvalue weighted by atomic mass is 9.92. The number of ketones is 1. The van der Waals surface area contributed by atoms with Crippen molar-refractivity contribution in [1.82, 2.24) is 0 Å². The maximum atomic E-state index is 13.4. The van der Waals surface area contributed by atoms with Gasteiger partial charge in [0.15, 0.2) is 0 Å². The molecule has 0 spiro atoms. The van der Waals surface area contributed by atoms with Gasteiger partial charge in [-0.1, -0.05) is 55.8 Å². The Bertz CT molecular complexity index is 1300. The minimum atomic E-state index is -0.744. The van der Waals surface area contributed by atoms with Gasteiger partial charge in [-0.2, -0.15) is 0 Å². The summed E-state index contributed by atoms with van der Waals surface area (Å²) < 4.78 is 5.47. The molecule has 1 aliphatic rings. The standard InChI is InChI=1S/C29H29NO4/c1-17(2)23-16-21(12-13-24(23)34-5)27(31)25-26(20-10-6-8-18(3)14-20)30(29(33)28(25)32)22-11-7-9-19(4)15-22/h6-17,26,31H,1-5H3/b27-25-. The Labute approximate surface area is 200 Å². The van der Waals surface area contributed by atoms with E-state index in [9.17, 15) is 14.7 Å². The summed E-state index contributed by atoms with van der Waals surface area (Å²) in [5, 5.41) is 11.4. The molecule has 3 aromatic rings. The number of amides is 1. The van der Waals surface area contributed by atoms with Gasteiger partial charge in [0.2, 0.25) is 0 Å². The number of carbonyl (C=O) groups excluding carboxylic acids is 2.